The zero-order valence-electron chi connectivity index (χ0n) is 10.3. The highest BCUT2D eigenvalue weighted by atomic mass is 16.5. The molecule has 0 aromatic heterocycles. The number of ether oxygens (including phenoxy) is 1. The third-order valence-corrected chi connectivity index (χ3v) is 3.06. The summed E-state index contributed by atoms with van der Waals surface area (Å²) in [5.41, 5.74) is 0. The lowest BCUT2D eigenvalue weighted by atomic mass is 10.1. The monoisotopic (exact) mass is 214 g/mol. The molecule has 0 spiro atoms. The van der Waals surface area contributed by atoms with E-state index in [1.54, 1.807) is 0 Å². The third-order valence-electron chi connectivity index (χ3n) is 3.06. The molecule has 15 heavy (non-hydrogen) atoms. The summed E-state index contributed by atoms with van der Waals surface area (Å²) in [5, 5.41) is 3.18. The van der Waals surface area contributed by atoms with Gasteiger partial charge in [0.15, 0.2) is 0 Å². The van der Waals surface area contributed by atoms with E-state index in [9.17, 15) is 0 Å². The van der Waals surface area contributed by atoms with Crippen LogP contribution in [-0.2, 0) is 4.74 Å². The molecule has 90 valence electrons. The first-order valence-electron chi connectivity index (χ1n) is 6.27. The Balaban J connectivity index is 1.89. The van der Waals surface area contributed by atoms with Crippen LogP contribution in [0.1, 0.15) is 32.1 Å². The average Bonchev–Trinajstić information content (AvgIpc) is 2.71. The molecule has 3 nitrogen and oxygen atoms in total. The lowest BCUT2D eigenvalue weighted by Gasteiger charge is -2.17. The van der Waals surface area contributed by atoms with E-state index in [2.05, 4.69) is 17.3 Å². The largest absolute Gasteiger partial charge is 0.378 e. The zero-order valence-corrected chi connectivity index (χ0v) is 10.3. The lowest BCUT2D eigenvalue weighted by Crippen LogP contribution is -2.24. The molecule has 1 saturated heterocycles. The van der Waals surface area contributed by atoms with Crippen molar-refractivity contribution in [3.8, 4) is 0 Å². The van der Waals surface area contributed by atoms with Crippen molar-refractivity contribution >= 4 is 0 Å². The molecule has 1 aliphatic rings. The molecule has 1 atom stereocenters. The fourth-order valence-corrected chi connectivity index (χ4v) is 2.10. The van der Waals surface area contributed by atoms with E-state index in [1.807, 2.05) is 7.05 Å². The van der Waals surface area contributed by atoms with Crippen molar-refractivity contribution in [1.29, 1.82) is 0 Å². The Morgan fingerprint density at radius 2 is 2.13 bits per heavy atom. The molecule has 1 heterocycles. The minimum Gasteiger partial charge on any atom is -0.378 e. The van der Waals surface area contributed by atoms with Gasteiger partial charge in [0, 0.05) is 6.61 Å². The SMILES string of the molecule is CNCCCN(C)CCCC1CCCO1. The fourth-order valence-electron chi connectivity index (χ4n) is 2.10. The smallest absolute Gasteiger partial charge is 0.0576 e. The van der Waals surface area contributed by atoms with Gasteiger partial charge in [-0.2, -0.15) is 0 Å². The first-order valence-corrected chi connectivity index (χ1v) is 6.27. The van der Waals surface area contributed by atoms with E-state index in [0.29, 0.717) is 6.10 Å². The molecule has 0 bridgehead atoms. The molecular weight excluding hydrogens is 188 g/mol. The first kappa shape index (κ1) is 12.9. The number of rotatable bonds is 8. The zero-order chi connectivity index (χ0) is 10.9. The van der Waals surface area contributed by atoms with E-state index in [-0.39, 0.29) is 0 Å². The lowest BCUT2D eigenvalue weighted by molar-refractivity contribution is 0.0997. The molecule has 0 radical (unpaired) electrons. The van der Waals surface area contributed by atoms with Crippen LogP contribution in [0.15, 0.2) is 0 Å². The quantitative estimate of drug-likeness (QED) is 0.620. The number of nitrogens with zero attached hydrogens (tertiary/aromatic N) is 1. The van der Waals surface area contributed by atoms with Gasteiger partial charge in [-0.05, 0) is 65.8 Å². The van der Waals surface area contributed by atoms with Crippen LogP contribution in [0.5, 0.6) is 0 Å². The molecule has 0 amide bonds. The molecular formula is C12H26N2O. The number of nitrogens with one attached hydrogen (secondary N) is 1. The topological polar surface area (TPSA) is 24.5 Å². The van der Waals surface area contributed by atoms with Gasteiger partial charge in [0.25, 0.3) is 0 Å². The molecule has 1 fully saturated rings. The van der Waals surface area contributed by atoms with Crippen molar-refractivity contribution < 1.29 is 4.74 Å². The van der Waals surface area contributed by atoms with Crippen molar-refractivity contribution in [3.63, 3.8) is 0 Å². The summed E-state index contributed by atoms with van der Waals surface area (Å²) in [5.74, 6) is 0. The second-order valence-corrected chi connectivity index (χ2v) is 4.54. The molecule has 0 aromatic rings. The van der Waals surface area contributed by atoms with Gasteiger partial charge >= 0.3 is 0 Å². The van der Waals surface area contributed by atoms with Gasteiger partial charge in [0.05, 0.1) is 6.10 Å². The first-order chi connectivity index (χ1) is 7.33. The predicted molar refractivity (Wildman–Crippen MR) is 64.2 cm³/mol. The van der Waals surface area contributed by atoms with Gasteiger partial charge in [-0.15, -0.1) is 0 Å². The van der Waals surface area contributed by atoms with Gasteiger partial charge in [0.1, 0.15) is 0 Å². The number of hydrogen-bond donors (Lipinski definition) is 1. The van der Waals surface area contributed by atoms with Crippen molar-refractivity contribution in [2.24, 2.45) is 0 Å². The summed E-state index contributed by atoms with van der Waals surface area (Å²) in [7, 11) is 4.22. The van der Waals surface area contributed by atoms with Gasteiger partial charge in [-0.3, -0.25) is 0 Å². The van der Waals surface area contributed by atoms with Crippen LogP contribution in [0.2, 0.25) is 0 Å². The minimum absolute atomic E-state index is 0.565. The Bertz CT molecular complexity index is 147. The van der Waals surface area contributed by atoms with Gasteiger partial charge < -0.3 is 15.0 Å². The van der Waals surface area contributed by atoms with Crippen LogP contribution in [0, 0.1) is 0 Å². The maximum absolute atomic E-state index is 5.60. The summed E-state index contributed by atoms with van der Waals surface area (Å²) >= 11 is 0. The van der Waals surface area contributed by atoms with E-state index in [1.165, 1.54) is 45.2 Å². The van der Waals surface area contributed by atoms with Crippen molar-refractivity contribution in [2.75, 3.05) is 40.3 Å². The molecule has 0 aromatic carbocycles. The highest BCUT2D eigenvalue weighted by Crippen LogP contribution is 2.16. The maximum atomic E-state index is 5.60. The minimum atomic E-state index is 0.565. The van der Waals surface area contributed by atoms with Crippen molar-refractivity contribution in [1.82, 2.24) is 10.2 Å². The van der Waals surface area contributed by atoms with Crippen LogP contribution in [-0.4, -0.2) is 51.3 Å². The fraction of sp³-hybridized carbons (Fsp3) is 1.00. The number of hydrogen-bond acceptors (Lipinski definition) is 3. The molecule has 1 N–H and O–H groups in total. The van der Waals surface area contributed by atoms with Crippen LogP contribution in [0.3, 0.4) is 0 Å². The second kappa shape index (κ2) is 8.08. The summed E-state index contributed by atoms with van der Waals surface area (Å²) in [4.78, 5) is 2.42. The van der Waals surface area contributed by atoms with Crippen LogP contribution in [0.4, 0.5) is 0 Å². The normalized spacial score (nSPS) is 21.4. The maximum Gasteiger partial charge on any atom is 0.0576 e. The Hall–Kier alpha value is -0.120. The summed E-state index contributed by atoms with van der Waals surface area (Å²) in [6.07, 6.45) is 6.88. The Morgan fingerprint density at radius 3 is 2.80 bits per heavy atom. The van der Waals surface area contributed by atoms with Crippen molar-refractivity contribution in [3.05, 3.63) is 0 Å². The van der Waals surface area contributed by atoms with Crippen molar-refractivity contribution in [2.45, 2.75) is 38.2 Å². The molecule has 1 unspecified atom stereocenters. The van der Waals surface area contributed by atoms with Gasteiger partial charge in [-0.1, -0.05) is 0 Å². The highest BCUT2D eigenvalue weighted by Gasteiger charge is 2.14. The van der Waals surface area contributed by atoms with Crippen LogP contribution >= 0.6 is 0 Å². The molecule has 1 rings (SSSR count). The molecule has 0 saturated carbocycles. The highest BCUT2D eigenvalue weighted by molar-refractivity contribution is 4.65. The standard InChI is InChI=1S/C12H26N2O/c1-13-8-5-10-14(2)9-3-6-12-7-4-11-15-12/h12-13H,3-11H2,1-2H3. The van der Waals surface area contributed by atoms with Gasteiger partial charge in [-0.25, -0.2) is 0 Å². The molecule has 3 heteroatoms. The van der Waals surface area contributed by atoms with E-state index < -0.39 is 0 Å². The van der Waals surface area contributed by atoms with Crippen LogP contribution < -0.4 is 5.32 Å². The summed E-state index contributed by atoms with van der Waals surface area (Å²) in [6.45, 7) is 4.52. The molecule has 0 aliphatic carbocycles. The Morgan fingerprint density at radius 1 is 1.33 bits per heavy atom. The Kier molecular flexibility index (Phi) is 6.98. The predicted octanol–water partition coefficient (Wildman–Crippen LogP) is 1.49. The summed E-state index contributed by atoms with van der Waals surface area (Å²) in [6, 6.07) is 0. The van der Waals surface area contributed by atoms with Gasteiger partial charge in [0.2, 0.25) is 0 Å². The average molecular weight is 214 g/mol. The molecule has 1 aliphatic heterocycles. The van der Waals surface area contributed by atoms with E-state index >= 15 is 0 Å². The Labute approximate surface area is 94.2 Å². The van der Waals surface area contributed by atoms with Crippen LogP contribution in [0.25, 0.3) is 0 Å². The second-order valence-electron chi connectivity index (χ2n) is 4.54. The summed E-state index contributed by atoms with van der Waals surface area (Å²) < 4.78 is 5.60. The van der Waals surface area contributed by atoms with E-state index in [4.69, 9.17) is 4.74 Å². The van der Waals surface area contributed by atoms with E-state index in [0.717, 1.165) is 13.2 Å². The third kappa shape index (κ3) is 6.13.